The lowest BCUT2D eigenvalue weighted by molar-refractivity contribution is -0.130. The SMILES string of the molecule is CC(C)(C)OC(=O)N[C@@H](Cc1cnc(C2CCCCC2)[nH]1)C(=O)N[C@@H](CCCN=C(N)N)C(=O)NCc1ccccc1. The van der Waals surface area contributed by atoms with E-state index in [1.54, 1.807) is 27.0 Å². The zero-order valence-corrected chi connectivity index (χ0v) is 24.9. The molecule has 1 aliphatic carbocycles. The number of imidazole rings is 1. The van der Waals surface area contributed by atoms with Crippen molar-refractivity contribution in [3.8, 4) is 0 Å². The molecule has 1 fully saturated rings. The van der Waals surface area contributed by atoms with E-state index >= 15 is 0 Å². The molecule has 0 radical (unpaired) electrons. The van der Waals surface area contributed by atoms with Crippen LogP contribution in [0.4, 0.5) is 4.79 Å². The predicted molar refractivity (Wildman–Crippen MR) is 161 cm³/mol. The number of amides is 3. The van der Waals surface area contributed by atoms with E-state index in [4.69, 9.17) is 16.2 Å². The van der Waals surface area contributed by atoms with Gasteiger partial charge >= 0.3 is 6.09 Å². The Kier molecular flexibility index (Phi) is 12.2. The quantitative estimate of drug-likeness (QED) is 0.119. The van der Waals surface area contributed by atoms with Crippen LogP contribution >= 0.6 is 0 Å². The summed E-state index contributed by atoms with van der Waals surface area (Å²) in [6.07, 6.45) is 7.60. The lowest BCUT2D eigenvalue weighted by atomic mass is 9.89. The van der Waals surface area contributed by atoms with Crippen molar-refractivity contribution in [3.05, 3.63) is 53.6 Å². The second-order valence-corrected chi connectivity index (χ2v) is 11.7. The van der Waals surface area contributed by atoms with Crippen LogP contribution in [0.5, 0.6) is 0 Å². The van der Waals surface area contributed by atoms with Gasteiger partial charge in [-0.25, -0.2) is 9.78 Å². The van der Waals surface area contributed by atoms with Crippen LogP contribution in [0.3, 0.4) is 0 Å². The van der Waals surface area contributed by atoms with Crippen LogP contribution in [0, 0.1) is 0 Å². The zero-order chi connectivity index (χ0) is 30.5. The van der Waals surface area contributed by atoms with Gasteiger partial charge in [-0.1, -0.05) is 49.6 Å². The lowest BCUT2D eigenvalue weighted by Gasteiger charge is -2.25. The van der Waals surface area contributed by atoms with E-state index in [9.17, 15) is 14.4 Å². The highest BCUT2D eigenvalue weighted by atomic mass is 16.6. The molecule has 3 rings (SSSR count). The van der Waals surface area contributed by atoms with Crippen LogP contribution in [0.15, 0.2) is 41.5 Å². The average molecular weight is 583 g/mol. The van der Waals surface area contributed by atoms with E-state index in [2.05, 4.69) is 30.9 Å². The molecule has 8 N–H and O–H groups in total. The molecule has 0 bridgehead atoms. The fraction of sp³-hybridized carbons (Fsp3) is 0.567. The van der Waals surface area contributed by atoms with E-state index in [-0.39, 0.29) is 24.7 Å². The summed E-state index contributed by atoms with van der Waals surface area (Å²) >= 11 is 0. The van der Waals surface area contributed by atoms with E-state index in [0.29, 0.717) is 31.1 Å². The molecule has 1 heterocycles. The Morgan fingerprint density at radius 3 is 2.43 bits per heavy atom. The molecule has 1 aromatic carbocycles. The minimum absolute atomic E-state index is 0.0436. The van der Waals surface area contributed by atoms with Gasteiger partial charge in [0.15, 0.2) is 5.96 Å². The Hall–Kier alpha value is -4.09. The highest BCUT2D eigenvalue weighted by Gasteiger charge is 2.29. The number of hydrogen-bond donors (Lipinski definition) is 6. The summed E-state index contributed by atoms with van der Waals surface area (Å²) in [7, 11) is 0. The summed E-state index contributed by atoms with van der Waals surface area (Å²) in [4.78, 5) is 51.4. The Morgan fingerprint density at radius 1 is 1.05 bits per heavy atom. The number of guanidine groups is 1. The fourth-order valence-electron chi connectivity index (χ4n) is 4.90. The molecule has 1 saturated carbocycles. The number of hydrogen-bond acceptors (Lipinski definition) is 6. The summed E-state index contributed by atoms with van der Waals surface area (Å²) in [5.74, 6) is 0.351. The standard InChI is InChI=1S/C30H46N8O4/c1-30(2,3)42-29(41)38-24(17-22-19-34-25(36-22)21-13-8-5-9-14-21)27(40)37-23(15-10-16-33-28(31)32)26(39)35-18-20-11-6-4-7-12-20/h4,6-7,11-12,19,21,23-24H,5,8-10,13-18H2,1-3H3,(H,34,36)(H,35,39)(H,37,40)(H,38,41)(H4,31,32,33)/t23-,24-/m0/s1. The van der Waals surface area contributed by atoms with Gasteiger partial charge in [-0.05, 0) is 52.0 Å². The molecule has 0 saturated heterocycles. The summed E-state index contributed by atoms with van der Waals surface area (Å²) in [6.45, 7) is 5.85. The number of nitrogens with two attached hydrogens (primary N) is 2. The predicted octanol–water partition coefficient (Wildman–Crippen LogP) is 2.75. The van der Waals surface area contributed by atoms with Gasteiger partial charge in [0.2, 0.25) is 11.8 Å². The fourth-order valence-corrected chi connectivity index (χ4v) is 4.90. The van der Waals surface area contributed by atoms with Gasteiger partial charge < -0.3 is 37.1 Å². The van der Waals surface area contributed by atoms with Crippen molar-refractivity contribution >= 4 is 23.9 Å². The van der Waals surface area contributed by atoms with E-state index in [1.165, 1.54) is 19.3 Å². The molecule has 0 unspecified atom stereocenters. The van der Waals surface area contributed by atoms with Gasteiger partial charge in [0.1, 0.15) is 23.5 Å². The highest BCUT2D eigenvalue weighted by molar-refractivity contribution is 5.91. The molecule has 1 aliphatic rings. The number of nitrogens with zero attached hydrogens (tertiary/aromatic N) is 2. The summed E-state index contributed by atoms with van der Waals surface area (Å²) in [5, 5.41) is 8.41. The maximum atomic E-state index is 13.6. The van der Waals surface area contributed by atoms with Crippen LogP contribution < -0.4 is 27.4 Å². The molecule has 3 amide bonds. The largest absolute Gasteiger partial charge is 0.444 e. The average Bonchev–Trinajstić information content (AvgIpc) is 3.41. The van der Waals surface area contributed by atoms with Gasteiger partial charge in [-0.2, -0.15) is 0 Å². The lowest BCUT2D eigenvalue weighted by Crippen LogP contribution is -2.55. The van der Waals surface area contributed by atoms with Gasteiger partial charge in [0.25, 0.3) is 0 Å². The minimum Gasteiger partial charge on any atom is -0.444 e. The van der Waals surface area contributed by atoms with Crippen LogP contribution in [-0.2, 0) is 27.3 Å². The number of aliphatic imine (C=N–C) groups is 1. The molecule has 2 atom stereocenters. The second kappa shape index (κ2) is 15.8. The molecule has 2 aromatic rings. The first-order valence-electron chi connectivity index (χ1n) is 14.7. The number of H-pyrrole nitrogens is 1. The molecule has 0 spiro atoms. The van der Waals surface area contributed by atoms with Crippen LogP contribution in [0.2, 0.25) is 0 Å². The summed E-state index contributed by atoms with van der Waals surface area (Å²) in [5.41, 5.74) is 11.8. The van der Waals surface area contributed by atoms with Crippen LogP contribution in [0.1, 0.15) is 88.7 Å². The number of ether oxygens (including phenoxy) is 1. The van der Waals surface area contributed by atoms with Crippen molar-refractivity contribution in [2.75, 3.05) is 6.54 Å². The molecule has 12 heteroatoms. The first-order chi connectivity index (χ1) is 20.0. The van der Waals surface area contributed by atoms with E-state index < -0.39 is 29.7 Å². The maximum Gasteiger partial charge on any atom is 0.408 e. The van der Waals surface area contributed by atoms with Crippen LogP contribution in [-0.4, -0.2) is 58.1 Å². The smallest absolute Gasteiger partial charge is 0.408 e. The van der Waals surface area contributed by atoms with Crippen molar-refractivity contribution in [1.82, 2.24) is 25.9 Å². The Balaban J connectivity index is 1.74. The molecular weight excluding hydrogens is 536 g/mol. The van der Waals surface area contributed by atoms with Crippen molar-refractivity contribution in [1.29, 1.82) is 0 Å². The van der Waals surface area contributed by atoms with E-state index in [1.807, 2.05) is 30.3 Å². The Labute approximate surface area is 247 Å². The molecule has 230 valence electrons. The second-order valence-electron chi connectivity index (χ2n) is 11.7. The number of aromatic amines is 1. The van der Waals surface area contributed by atoms with Gasteiger partial charge in [0.05, 0.1) is 0 Å². The zero-order valence-electron chi connectivity index (χ0n) is 24.9. The molecular formula is C30H46N8O4. The highest BCUT2D eigenvalue weighted by Crippen LogP contribution is 2.30. The Morgan fingerprint density at radius 2 is 1.76 bits per heavy atom. The number of nitrogens with one attached hydrogen (secondary N) is 4. The summed E-state index contributed by atoms with van der Waals surface area (Å²) in [6, 6.07) is 7.59. The van der Waals surface area contributed by atoms with Crippen molar-refractivity contribution in [2.24, 2.45) is 16.5 Å². The number of carbonyl (C=O) groups excluding carboxylic acids is 3. The number of alkyl carbamates (subject to hydrolysis) is 1. The van der Waals surface area contributed by atoms with Gasteiger partial charge in [-0.3, -0.25) is 14.6 Å². The molecule has 42 heavy (non-hydrogen) atoms. The van der Waals surface area contributed by atoms with Gasteiger partial charge in [-0.15, -0.1) is 0 Å². The third kappa shape index (κ3) is 11.4. The maximum absolute atomic E-state index is 13.6. The molecule has 12 nitrogen and oxygen atoms in total. The number of carbonyl (C=O) groups is 3. The minimum atomic E-state index is -1.01. The Bertz CT molecular complexity index is 1180. The topological polar surface area (TPSA) is 190 Å². The van der Waals surface area contributed by atoms with Crippen molar-refractivity contribution in [3.63, 3.8) is 0 Å². The van der Waals surface area contributed by atoms with Crippen molar-refractivity contribution < 1.29 is 19.1 Å². The van der Waals surface area contributed by atoms with Gasteiger partial charge in [0, 0.05) is 37.3 Å². The molecule has 0 aliphatic heterocycles. The number of benzene rings is 1. The normalized spacial score (nSPS) is 15.2. The number of rotatable bonds is 13. The first-order valence-corrected chi connectivity index (χ1v) is 14.7. The first kappa shape index (κ1) is 32.4. The summed E-state index contributed by atoms with van der Waals surface area (Å²) < 4.78 is 5.42. The van der Waals surface area contributed by atoms with Crippen molar-refractivity contribution in [2.45, 2.75) is 102 Å². The monoisotopic (exact) mass is 582 g/mol. The third-order valence-electron chi connectivity index (χ3n) is 6.96. The van der Waals surface area contributed by atoms with Crippen LogP contribution in [0.25, 0.3) is 0 Å². The number of aromatic nitrogens is 2. The molecule has 1 aromatic heterocycles. The van der Waals surface area contributed by atoms with E-state index in [0.717, 1.165) is 24.2 Å². The third-order valence-corrected chi connectivity index (χ3v) is 6.96.